The lowest BCUT2D eigenvalue weighted by Gasteiger charge is -2.16. The number of hydrogen-bond acceptors (Lipinski definition) is 5. The fraction of sp³-hybridized carbons (Fsp3) is 0.182. The molecule has 3 aromatic rings. The van der Waals surface area contributed by atoms with Crippen LogP contribution in [0.1, 0.15) is 22.6 Å². The fourth-order valence-electron chi connectivity index (χ4n) is 3.16. The molecule has 3 heterocycles. The van der Waals surface area contributed by atoms with Crippen molar-refractivity contribution < 1.29 is 9.53 Å². The van der Waals surface area contributed by atoms with Crippen LogP contribution < -0.4 is 10.1 Å². The van der Waals surface area contributed by atoms with Gasteiger partial charge in [-0.2, -0.15) is 9.78 Å². The first-order chi connectivity index (χ1) is 14.4. The van der Waals surface area contributed by atoms with Gasteiger partial charge in [-0.1, -0.05) is 17.7 Å². The monoisotopic (exact) mass is 421 g/mol. The molecule has 0 spiro atoms. The molecule has 1 aromatic carbocycles. The maximum atomic E-state index is 12.5. The average Bonchev–Trinajstić information content (AvgIpc) is 3.05. The zero-order valence-electron chi connectivity index (χ0n) is 16.8. The number of aromatic nitrogens is 4. The number of anilines is 1. The van der Waals surface area contributed by atoms with Crippen LogP contribution in [0.3, 0.4) is 0 Å². The molecule has 0 saturated heterocycles. The minimum absolute atomic E-state index is 0.293. The number of ether oxygens (including phenoxy) is 1. The second-order valence-electron chi connectivity index (χ2n) is 7.05. The normalized spacial score (nSPS) is 13.0. The Morgan fingerprint density at radius 3 is 2.67 bits per heavy atom. The zero-order chi connectivity index (χ0) is 21.3. The van der Waals surface area contributed by atoms with Gasteiger partial charge in [0.15, 0.2) is 0 Å². The molecule has 0 fully saturated rings. The average molecular weight is 422 g/mol. The van der Waals surface area contributed by atoms with Crippen LogP contribution in [0.25, 0.3) is 12.0 Å². The molecule has 30 heavy (non-hydrogen) atoms. The van der Waals surface area contributed by atoms with E-state index in [0.717, 1.165) is 34.0 Å². The van der Waals surface area contributed by atoms with E-state index < -0.39 is 0 Å². The largest absolute Gasteiger partial charge is 0.488 e. The van der Waals surface area contributed by atoms with Gasteiger partial charge in [0.25, 0.3) is 5.95 Å². The zero-order valence-corrected chi connectivity index (χ0v) is 17.6. The number of fused-ring (bicyclic) bond motifs is 1. The van der Waals surface area contributed by atoms with Gasteiger partial charge in [0, 0.05) is 34.1 Å². The predicted octanol–water partition coefficient (Wildman–Crippen LogP) is 4.21. The standard InChI is InChI=1S/C22H20ClN5O2/c1-13-8-14(2)25-22(24-13)28-20(9-15(3)27-28)26-21(29)7-4-16-10-17-11-18(23)5-6-19(17)30-12-16/h4-11H,12H2,1-3H3,(H,26,29)/b7-4+. The lowest BCUT2D eigenvalue weighted by atomic mass is 10.1. The molecule has 7 nitrogen and oxygen atoms in total. The van der Waals surface area contributed by atoms with E-state index in [4.69, 9.17) is 16.3 Å². The minimum atomic E-state index is -0.293. The first-order valence-electron chi connectivity index (χ1n) is 9.39. The molecule has 8 heteroatoms. The molecule has 1 amide bonds. The van der Waals surface area contributed by atoms with E-state index in [1.165, 1.54) is 10.8 Å². The number of nitrogens with one attached hydrogen (secondary N) is 1. The van der Waals surface area contributed by atoms with Gasteiger partial charge in [-0.15, -0.1) is 0 Å². The van der Waals surface area contributed by atoms with Crippen LogP contribution in [0.2, 0.25) is 5.02 Å². The summed E-state index contributed by atoms with van der Waals surface area (Å²) < 4.78 is 7.23. The molecule has 0 bridgehead atoms. The first-order valence-corrected chi connectivity index (χ1v) is 9.76. The summed E-state index contributed by atoms with van der Waals surface area (Å²) in [5, 5.41) is 7.88. The van der Waals surface area contributed by atoms with Gasteiger partial charge in [-0.05, 0) is 56.7 Å². The fourth-order valence-corrected chi connectivity index (χ4v) is 3.34. The third kappa shape index (κ3) is 4.41. The summed E-state index contributed by atoms with van der Waals surface area (Å²) in [7, 11) is 0. The van der Waals surface area contributed by atoms with Crippen LogP contribution in [0.5, 0.6) is 5.75 Å². The Morgan fingerprint density at radius 1 is 1.13 bits per heavy atom. The van der Waals surface area contributed by atoms with Crippen molar-refractivity contribution in [2.45, 2.75) is 20.8 Å². The maximum Gasteiger partial charge on any atom is 0.252 e. The lowest BCUT2D eigenvalue weighted by Crippen LogP contribution is -2.15. The van der Waals surface area contributed by atoms with Crippen molar-refractivity contribution in [2.75, 3.05) is 11.9 Å². The Kier molecular flexibility index (Phi) is 5.37. The van der Waals surface area contributed by atoms with Crippen molar-refractivity contribution in [1.82, 2.24) is 19.7 Å². The molecule has 152 valence electrons. The van der Waals surface area contributed by atoms with E-state index >= 15 is 0 Å². The summed E-state index contributed by atoms with van der Waals surface area (Å²) in [6, 6.07) is 9.10. The summed E-state index contributed by atoms with van der Waals surface area (Å²) in [5.41, 5.74) is 4.14. The van der Waals surface area contributed by atoms with Crippen molar-refractivity contribution >= 4 is 29.4 Å². The number of benzene rings is 1. The first kappa shape index (κ1) is 19.8. The van der Waals surface area contributed by atoms with E-state index in [1.807, 2.05) is 45.0 Å². The van der Waals surface area contributed by atoms with Crippen molar-refractivity contribution in [3.8, 4) is 11.7 Å². The molecular weight excluding hydrogens is 402 g/mol. The third-order valence-corrected chi connectivity index (χ3v) is 4.63. The summed E-state index contributed by atoms with van der Waals surface area (Å²) in [6.07, 6.45) is 5.13. The summed E-state index contributed by atoms with van der Waals surface area (Å²) in [6.45, 7) is 6.00. The molecule has 2 aromatic heterocycles. The Bertz CT molecular complexity index is 1180. The number of carbonyl (C=O) groups is 1. The van der Waals surface area contributed by atoms with Crippen LogP contribution >= 0.6 is 11.6 Å². The predicted molar refractivity (Wildman–Crippen MR) is 116 cm³/mol. The molecule has 1 aliphatic rings. The van der Waals surface area contributed by atoms with Gasteiger partial charge in [0.2, 0.25) is 5.91 Å². The van der Waals surface area contributed by atoms with Crippen LogP contribution in [-0.4, -0.2) is 32.3 Å². The highest BCUT2D eigenvalue weighted by Crippen LogP contribution is 2.29. The van der Waals surface area contributed by atoms with E-state index in [2.05, 4.69) is 20.4 Å². The van der Waals surface area contributed by atoms with E-state index in [1.54, 1.807) is 18.2 Å². The number of aryl methyl sites for hydroxylation is 3. The second-order valence-corrected chi connectivity index (χ2v) is 7.48. The van der Waals surface area contributed by atoms with E-state index in [0.29, 0.717) is 23.4 Å². The molecule has 1 aliphatic heterocycles. The molecule has 0 saturated carbocycles. The number of halogens is 1. The van der Waals surface area contributed by atoms with E-state index in [9.17, 15) is 4.79 Å². The van der Waals surface area contributed by atoms with Gasteiger partial charge in [-0.25, -0.2) is 9.97 Å². The van der Waals surface area contributed by atoms with Gasteiger partial charge >= 0.3 is 0 Å². The number of rotatable bonds is 4. The highest BCUT2D eigenvalue weighted by molar-refractivity contribution is 6.30. The summed E-state index contributed by atoms with van der Waals surface area (Å²) in [4.78, 5) is 21.3. The quantitative estimate of drug-likeness (QED) is 0.638. The Hall–Kier alpha value is -3.45. The Labute approximate surface area is 179 Å². The summed E-state index contributed by atoms with van der Waals surface area (Å²) >= 11 is 6.04. The van der Waals surface area contributed by atoms with Crippen molar-refractivity contribution in [1.29, 1.82) is 0 Å². The van der Waals surface area contributed by atoms with Gasteiger partial charge < -0.3 is 10.1 Å². The van der Waals surface area contributed by atoms with Gasteiger partial charge in [-0.3, -0.25) is 4.79 Å². The molecule has 0 unspecified atom stereocenters. The Morgan fingerprint density at radius 2 is 1.90 bits per heavy atom. The van der Waals surface area contributed by atoms with E-state index in [-0.39, 0.29) is 5.91 Å². The molecular formula is C22H20ClN5O2. The van der Waals surface area contributed by atoms with Crippen molar-refractivity contribution in [3.05, 3.63) is 75.7 Å². The molecule has 0 atom stereocenters. The Balaban J connectivity index is 1.53. The van der Waals surface area contributed by atoms with Gasteiger partial charge in [0.1, 0.15) is 18.2 Å². The molecule has 0 radical (unpaired) electrons. The number of carbonyl (C=O) groups excluding carboxylic acids is 1. The molecule has 0 aliphatic carbocycles. The van der Waals surface area contributed by atoms with Crippen LogP contribution in [0, 0.1) is 20.8 Å². The summed E-state index contributed by atoms with van der Waals surface area (Å²) in [5.74, 6) is 1.39. The number of nitrogens with zero attached hydrogens (tertiary/aromatic N) is 4. The molecule has 1 N–H and O–H groups in total. The smallest absolute Gasteiger partial charge is 0.252 e. The topological polar surface area (TPSA) is 81.9 Å². The highest BCUT2D eigenvalue weighted by atomic mass is 35.5. The second kappa shape index (κ2) is 8.12. The lowest BCUT2D eigenvalue weighted by molar-refractivity contribution is -0.111. The van der Waals surface area contributed by atoms with Crippen LogP contribution in [0.15, 0.2) is 48.1 Å². The van der Waals surface area contributed by atoms with Crippen molar-refractivity contribution in [3.63, 3.8) is 0 Å². The van der Waals surface area contributed by atoms with Gasteiger partial charge in [0.05, 0.1) is 5.69 Å². The maximum absolute atomic E-state index is 12.5. The highest BCUT2D eigenvalue weighted by Gasteiger charge is 2.14. The molecule has 4 rings (SSSR count). The minimum Gasteiger partial charge on any atom is -0.488 e. The van der Waals surface area contributed by atoms with Crippen LogP contribution in [-0.2, 0) is 4.79 Å². The SMILES string of the molecule is Cc1cc(C)nc(-n2nc(C)cc2NC(=O)/C=C/C2=Cc3cc(Cl)ccc3OC2)n1. The van der Waals surface area contributed by atoms with Crippen LogP contribution in [0.4, 0.5) is 5.82 Å². The van der Waals surface area contributed by atoms with Crippen molar-refractivity contribution in [2.24, 2.45) is 0 Å². The number of hydrogen-bond donors (Lipinski definition) is 1. The third-order valence-electron chi connectivity index (χ3n) is 4.40. The number of amides is 1.